The van der Waals surface area contributed by atoms with Gasteiger partial charge in [0.25, 0.3) is 5.91 Å². The van der Waals surface area contributed by atoms with Crippen molar-refractivity contribution in [3.05, 3.63) is 0 Å². The van der Waals surface area contributed by atoms with Crippen LogP contribution in [-0.4, -0.2) is 29.4 Å². The molecule has 0 aromatic rings. The summed E-state index contributed by atoms with van der Waals surface area (Å²) in [6.07, 6.45) is 9.65. The van der Waals surface area contributed by atoms with E-state index < -0.39 is 17.3 Å². The molecule has 0 aromatic carbocycles. The van der Waals surface area contributed by atoms with Crippen molar-refractivity contribution in [2.75, 3.05) is 6.54 Å². The maximum atomic E-state index is 12.3. The zero-order valence-corrected chi connectivity index (χ0v) is 17.1. The first kappa shape index (κ1) is 24.4. The molecule has 0 radical (unpaired) electrons. The highest BCUT2D eigenvalue weighted by atomic mass is 16.7. The number of rotatable bonds is 14. The van der Waals surface area contributed by atoms with Crippen LogP contribution in [0.3, 0.4) is 0 Å². The van der Waals surface area contributed by atoms with Crippen LogP contribution in [0.15, 0.2) is 0 Å². The van der Waals surface area contributed by atoms with Gasteiger partial charge in [0.05, 0.1) is 12.0 Å². The summed E-state index contributed by atoms with van der Waals surface area (Å²) in [7, 11) is 0. The maximum absolute atomic E-state index is 12.3. The Kier molecular flexibility index (Phi) is 12.8. The first-order chi connectivity index (χ1) is 12.2. The highest BCUT2D eigenvalue weighted by Gasteiger charge is 2.30. The summed E-state index contributed by atoms with van der Waals surface area (Å²) >= 11 is 0. The first-order valence-electron chi connectivity index (χ1n) is 10.1. The van der Waals surface area contributed by atoms with E-state index >= 15 is 0 Å². The zero-order chi connectivity index (χ0) is 20.0. The Hall–Kier alpha value is -1.59. The smallest absolute Gasteiger partial charge is 0.338 e. The van der Waals surface area contributed by atoms with Crippen molar-refractivity contribution in [2.45, 2.75) is 98.3 Å². The Morgan fingerprint density at radius 3 is 1.92 bits per heavy atom. The third-order valence-electron chi connectivity index (χ3n) is 4.71. The average molecular weight is 371 g/mol. The normalized spacial score (nSPS) is 11.2. The quantitative estimate of drug-likeness (QED) is 0.368. The van der Waals surface area contributed by atoms with Crippen molar-refractivity contribution in [3.63, 3.8) is 0 Å². The molecule has 2 amide bonds. The molecule has 0 rings (SSSR count). The number of carbonyl (C=O) groups excluding carboxylic acids is 3. The van der Waals surface area contributed by atoms with Crippen LogP contribution >= 0.6 is 0 Å². The molecule has 0 aliphatic heterocycles. The predicted octanol–water partition coefficient (Wildman–Crippen LogP) is 4.12. The lowest BCUT2D eigenvalue weighted by Gasteiger charge is -2.26. The van der Waals surface area contributed by atoms with Crippen LogP contribution in [0.2, 0.25) is 0 Å². The standard InChI is InChI=1S/C20H38N2O4/c1-5-7-8-9-10-11-12-13-16-22(18(24)15-14-17(21)23)26-19(25)20(3,4)6-2/h5-16H2,1-4H3,(H2,21,23). The van der Waals surface area contributed by atoms with E-state index in [-0.39, 0.29) is 18.7 Å². The second-order valence-corrected chi connectivity index (χ2v) is 7.55. The van der Waals surface area contributed by atoms with Crippen LogP contribution < -0.4 is 5.73 Å². The molecule has 152 valence electrons. The van der Waals surface area contributed by atoms with E-state index in [9.17, 15) is 14.4 Å². The second-order valence-electron chi connectivity index (χ2n) is 7.55. The third-order valence-corrected chi connectivity index (χ3v) is 4.71. The Labute approximate surface area is 158 Å². The van der Waals surface area contributed by atoms with Crippen molar-refractivity contribution < 1.29 is 19.2 Å². The van der Waals surface area contributed by atoms with Crippen LogP contribution in [-0.2, 0) is 19.2 Å². The van der Waals surface area contributed by atoms with E-state index in [1.54, 1.807) is 13.8 Å². The summed E-state index contributed by atoms with van der Waals surface area (Å²) in [6.45, 7) is 8.04. The van der Waals surface area contributed by atoms with Gasteiger partial charge in [-0.25, -0.2) is 4.79 Å². The van der Waals surface area contributed by atoms with Gasteiger partial charge in [0.2, 0.25) is 5.91 Å². The number of hydrogen-bond donors (Lipinski definition) is 1. The number of hydroxylamine groups is 2. The molecule has 2 N–H and O–H groups in total. The van der Waals surface area contributed by atoms with Crippen LogP contribution in [0.4, 0.5) is 0 Å². The van der Waals surface area contributed by atoms with Gasteiger partial charge in [-0.2, -0.15) is 5.06 Å². The van der Waals surface area contributed by atoms with Gasteiger partial charge < -0.3 is 10.6 Å². The van der Waals surface area contributed by atoms with E-state index in [4.69, 9.17) is 10.6 Å². The van der Waals surface area contributed by atoms with Crippen LogP contribution in [0.5, 0.6) is 0 Å². The molecule has 0 saturated heterocycles. The number of nitrogens with zero attached hydrogens (tertiary/aromatic N) is 1. The first-order valence-corrected chi connectivity index (χ1v) is 10.1. The molecule has 0 spiro atoms. The molecule has 0 fully saturated rings. The Morgan fingerprint density at radius 2 is 1.42 bits per heavy atom. The topological polar surface area (TPSA) is 89.7 Å². The number of primary amides is 1. The molecule has 0 unspecified atom stereocenters. The van der Waals surface area contributed by atoms with Gasteiger partial charge in [0, 0.05) is 12.8 Å². The Balaban J connectivity index is 4.43. The van der Waals surface area contributed by atoms with Crippen molar-refractivity contribution in [1.82, 2.24) is 5.06 Å². The summed E-state index contributed by atoms with van der Waals surface area (Å²) in [5.74, 6) is -1.33. The van der Waals surface area contributed by atoms with E-state index in [1.807, 2.05) is 6.92 Å². The van der Waals surface area contributed by atoms with E-state index in [0.29, 0.717) is 13.0 Å². The zero-order valence-electron chi connectivity index (χ0n) is 17.1. The van der Waals surface area contributed by atoms with E-state index in [1.165, 1.54) is 32.1 Å². The monoisotopic (exact) mass is 370 g/mol. The van der Waals surface area contributed by atoms with E-state index in [0.717, 1.165) is 24.3 Å². The maximum Gasteiger partial charge on any atom is 0.338 e. The Morgan fingerprint density at radius 1 is 0.885 bits per heavy atom. The van der Waals surface area contributed by atoms with Gasteiger partial charge in [-0.3, -0.25) is 9.59 Å². The molecular formula is C20H38N2O4. The minimum atomic E-state index is -0.651. The van der Waals surface area contributed by atoms with Crippen LogP contribution in [0, 0.1) is 5.41 Å². The number of hydrogen-bond acceptors (Lipinski definition) is 4. The van der Waals surface area contributed by atoms with Crippen molar-refractivity contribution in [2.24, 2.45) is 11.1 Å². The van der Waals surface area contributed by atoms with Crippen molar-refractivity contribution in [1.29, 1.82) is 0 Å². The molecule has 6 heteroatoms. The van der Waals surface area contributed by atoms with Gasteiger partial charge in [-0.05, 0) is 26.7 Å². The fraction of sp³-hybridized carbons (Fsp3) is 0.850. The summed E-state index contributed by atoms with van der Waals surface area (Å²) < 4.78 is 0. The molecular weight excluding hydrogens is 332 g/mol. The summed E-state index contributed by atoms with van der Waals surface area (Å²) in [6, 6.07) is 0. The summed E-state index contributed by atoms with van der Waals surface area (Å²) in [4.78, 5) is 40.8. The fourth-order valence-electron chi connectivity index (χ4n) is 2.33. The highest BCUT2D eigenvalue weighted by Crippen LogP contribution is 2.22. The summed E-state index contributed by atoms with van der Waals surface area (Å²) in [5, 5.41) is 1.12. The molecule has 0 bridgehead atoms. The van der Waals surface area contributed by atoms with Gasteiger partial charge in [-0.1, -0.05) is 58.8 Å². The largest absolute Gasteiger partial charge is 0.370 e. The van der Waals surface area contributed by atoms with Gasteiger partial charge >= 0.3 is 5.97 Å². The van der Waals surface area contributed by atoms with Gasteiger partial charge in [0.1, 0.15) is 0 Å². The number of unbranched alkanes of at least 4 members (excludes halogenated alkanes) is 7. The van der Waals surface area contributed by atoms with Crippen LogP contribution in [0.25, 0.3) is 0 Å². The highest BCUT2D eigenvalue weighted by molar-refractivity contribution is 5.84. The molecule has 6 nitrogen and oxygen atoms in total. The Bertz CT molecular complexity index is 436. The molecule has 0 heterocycles. The molecule has 0 saturated carbocycles. The van der Waals surface area contributed by atoms with E-state index in [2.05, 4.69) is 6.92 Å². The second kappa shape index (κ2) is 13.6. The molecule has 0 atom stereocenters. The van der Waals surface area contributed by atoms with Gasteiger partial charge in [-0.15, -0.1) is 0 Å². The fourth-order valence-corrected chi connectivity index (χ4v) is 2.33. The SMILES string of the molecule is CCCCCCCCCCN(OC(=O)C(C)(C)CC)C(=O)CCC(N)=O. The number of amides is 2. The molecule has 0 aliphatic rings. The average Bonchev–Trinajstić information content (AvgIpc) is 2.60. The molecule has 0 aliphatic carbocycles. The lowest BCUT2D eigenvalue weighted by atomic mass is 9.91. The number of nitrogens with two attached hydrogens (primary N) is 1. The summed E-state index contributed by atoms with van der Waals surface area (Å²) in [5.41, 5.74) is 4.45. The molecule has 26 heavy (non-hydrogen) atoms. The van der Waals surface area contributed by atoms with Crippen molar-refractivity contribution in [3.8, 4) is 0 Å². The third kappa shape index (κ3) is 11.1. The predicted molar refractivity (Wildman–Crippen MR) is 103 cm³/mol. The van der Waals surface area contributed by atoms with Crippen LogP contribution in [0.1, 0.15) is 98.3 Å². The lowest BCUT2D eigenvalue weighted by Crippen LogP contribution is -2.39. The van der Waals surface area contributed by atoms with Gasteiger partial charge in [0.15, 0.2) is 0 Å². The van der Waals surface area contributed by atoms with Crippen molar-refractivity contribution >= 4 is 17.8 Å². The lowest BCUT2D eigenvalue weighted by molar-refractivity contribution is -0.206. The minimum absolute atomic E-state index is 0.0355. The minimum Gasteiger partial charge on any atom is -0.370 e. The molecule has 0 aromatic heterocycles. The number of carbonyl (C=O) groups is 3.